The molecule has 10 nitrogen and oxygen atoms in total. The lowest BCUT2D eigenvalue weighted by Gasteiger charge is -2.19. The quantitative estimate of drug-likeness (QED) is 0.330. The third-order valence-corrected chi connectivity index (χ3v) is 6.66. The minimum absolute atomic E-state index is 0.0354. The van der Waals surface area contributed by atoms with E-state index in [9.17, 15) is 14.4 Å². The molecule has 2 aromatic carbocycles. The van der Waals surface area contributed by atoms with Crippen molar-refractivity contribution in [3.8, 4) is 28.4 Å². The zero-order valence-corrected chi connectivity index (χ0v) is 23.4. The van der Waals surface area contributed by atoms with E-state index in [0.29, 0.717) is 73.9 Å². The molecular formula is C29H39N3O7. The van der Waals surface area contributed by atoms with Crippen LogP contribution in [0.2, 0.25) is 0 Å². The molecule has 1 atom stereocenters. The molecule has 2 aromatic rings. The summed E-state index contributed by atoms with van der Waals surface area (Å²) in [6, 6.07) is 6.73. The minimum atomic E-state index is -0.374. The van der Waals surface area contributed by atoms with Gasteiger partial charge in [0.2, 0.25) is 23.0 Å². The Kier molecular flexibility index (Phi) is 11.0. The molecule has 0 fully saturated rings. The number of hydrogen-bond acceptors (Lipinski definition) is 8. The topological polar surface area (TPSA) is 124 Å². The van der Waals surface area contributed by atoms with Crippen LogP contribution in [0.25, 0.3) is 11.1 Å². The Hall–Kier alpha value is -3.79. The van der Waals surface area contributed by atoms with Crippen molar-refractivity contribution in [1.82, 2.24) is 10.6 Å². The van der Waals surface area contributed by atoms with Crippen molar-refractivity contribution in [2.24, 2.45) is 0 Å². The first kappa shape index (κ1) is 29.8. The van der Waals surface area contributed by atoms with E-state index in [1.54, 1.807) is 40.6 Å². The summed E-state index contributed by atoms with van der Waals surface area (Å²) in [5.74, 6) is 1.28. The van der Waals surface area contributed by atoms with Crippen molar-refractivity contribution in [3.63, 3.8) is 0 Å². The van der Waals surface area contributed by atoms with Crippen LogP contribution in [0.1, 0.15) is 49.8 Å². The van der Waals surface area contributed by atoms with Gasteiger partial charge in [-0.3, -0.25) is 14.4 Å². The predicted octanol–water partition coefficient (Wildman–Crippen LogP) is 3.21. The minimum Gasteiger partial charge on any atom is -0.493 e. The molecule has 0 bridgehead atoms. The largest absolute Gasteiger partial charge is 0.493 e. The molecule has 0 radical (unpaired) electrons. The summed E-state index contributed by atoms with van der Waals surface area (Å²) < 4.78 is 22.0. The summed E-state index contributed by atoms with van der Waals surface area (Å²) in [6.45, 7) is 3.09. The summed E-state index contributed by atoms with van der Waals surface area (Å²) in [5.41, 5.74) is 3.42. The number of hydrogen-bond donors (Lipinski definition) is 3. The second-order valence-electron chi connectivity index (χ2n) is 9.32. The number of carbonyl (C=O) groups is 2. The van der Waals surface area contributed by atoms with Crippen molar-refractivity contribution < 1.29 is 28.5 Å². The molecule has 1 aliphatic rings. The number of anilines is 1. The molecular weight excluding hydrogens is 502 g/mol. The number of carbonyl (C=O) groups excluding carboxylic acids is 2. The molecule has 0 saturated heterocycles. The second-order valence-corrected chi connectivity index (χ2v) is 9.32. The first-order valence-electron chi connectivity index (χ1n) is 13.1. The van der Waals surface area contributed by atoms with Gasteiger partial charge >= 0.3 is 0 Å². The van der Waals surface area contributed by atoms with Gasteiger partial charge in [0.05, 0.1) is 33.1 Å². The molecule has 10 heteroatoms. The van der Waals surface area contributed by atoms with E-state index in [1.807, 2.05) is 12.1 Å². The Morgan fingerprint density at radius 1 is 0.974 bits per heavy atom. The van der Waals surface area contributed by atoms with Gasteiger partial charge in [-0.1, -0.05) is 6.07 Å². The Labute approximate surface area is 229 Å². The Morgan fingerprint density at radius 2 is 1.74 bits per heavy atom. The average molecular weight is 542 g/mol. The number of benzene rings is 1. The molecule has 39 heavy (non-hydrogen) atoms. The molecule has 0 spiro atoms. The molecule has 1 unspecified atom stereocenters. The lowest BCUT2D eigenvalue weighted by Crippen LogP contribution is -2.26. The van der Waals surface area contributed by atoms with Crippen LogP contribution in [0.3, 0.4) is 0 Å². The normalized spacial score (nSPS) is 13.8. The number of aryl methyl sites for hydroxylation is 1. The highest BCUT2D eigenvalue weighted by Crippen LogP contribution is 2.50. The molecule has 0 saturated carbocycles. The number of rotatable bonds is 13. The van der Waals surface area contributed by atoms with Crippen LogP contribution in [0, 0.1) is 0 Å². The number of amides is 2. The highest BCUT2D eigenvalue weighted by molar-refractivity contribution is 5.83. The number of methoxy groups -OCH3 is 4. The van der Waals surface area contributed by atoms with Gasteiger partial charge in [-0.15, -0.1) is 0 Å². The van der Waals surface area contributed by atoms with E-state index in [2.05, 4.69) is 16.0 Å². The predicted molar refractivity (Wildman–Crippen MR) is 150 cm³/mol. The second kappa shape index (κ2) is 14.4. The molecule has 2 amide bonds. The van der Waals surface area contributed by atoms with E-state index in [1.165, 1.54) is 6.92 Å². The van der Waals surface area contributed by atoms with Gasteiger partial charge in [0.1, 0.15) is 0 Å². The van der Waals surface area contributed by atoms with Crippen LogP contribution in [0.4, 0.5) is 5.69 Å². The van der Waals surface area contributed by atoms with E-state index in [-0.39, 0.29) is 23.3 Å². The van der Waals surface area contributed by atoms with E-state index >= 15 is 0 Å². The third-order valence-electron chi connectivity index (χ3n) is 6.66. The lowest BCUT2D eigenvalue weighted by molar-refractivity contribution is -0.121. The van der Waals surface area contributed by atoms with Crippen LogP contribution in [-0.2, 0) is 20.7 Å². The van der Waals surface area contributed by atoms with Gasteiger partial charge in [0, 0.05) is 45.7 Å². The van der Waals surface area contributed by atoms with Crippen molar-refractivity contribution in [3.05, 3.63) is 45.6 Å². The maximum atomic E-state index is 13.3. The number of ether oxygens (including phenoxy) is 4. The summed E-state index contributed by atoms with van der Waals surface area (Å²) >= 11 is 0. The van der Waals surface area contributed by atoms with Crippen LogP contribution < -0.4 is 35.6 Å². The smallest absolute Gasteiger partial charge is 0.220 e. The summed E-state index contributed by atoms with van der Waals surface area (Å²) in [7, 11) is 6.31. The van der Waals surface area contributed by atoms with Gasteiger partial charge in [-0.2, -0.15) is 0 Å². The number of fused-ring (bicyclic) bond motifs is 3. The summed E-state index contributed by atoms with van der Waals surface area (Å²) in [4.78, 5) is 37.4. The van der Waals surface area contributed by atoms with Gasteiger partial charge in [0.25, 0.3) is 0 Å². The molecule has 0 aromatic heterocycles. The fourth-order valence-corrected chi connectivity index (χ4v) is 4.86. The molecule has 0 aliphatic heterocycles. The van der Waals surface area contributed by atoms with Crippen molar-refractivity contribution in [2.75, 3.05) is 53.5 Å². The molecule has 212 valence electrons. The first-order chi connectivity index (χ1) is 18.8. The van der Waals surface area contributed by atoms with Gasteiger partial charge in [0.15, 0.2) is 11.5 Å². The summed E-state index contributed by atoms with van der Waals surface area (Å²) in [5, 5.41) is 9.04. The monoisotopic (exact) mass is 541 g/mol. The maximum absolute atomic E-state index is 13.3. The van der Waals surface area contributed by atoms with Crippen molar-refractivity contribution in [2.45, 2.75) is 45.1 Å². The molecule has 0 heterocycles. The lowest BCUT2D eigenvalue weighted by atomic mass is 9.95. The van der Waals surface area contributed by atoms with Crippen LogP contribution in [-0.4, -0.2) is 59.9 Å². The fourth-order valence-electron chi connectivity index (χ4n) is 4.86. The Bertz CT molecular complexity index is 1230. The highest BCUT2D eigenvalue weighted by atomic mass is 16.5. The standard InChI is InChI=1S/C29H39N3O7/c1-18(33)32-22-11-9-19-16-25(37-3)28(38-4)29(39-5)27(19)20-10-12-23(24(34)17-21(20)22)30-13-6-8-26(35)31-14-7-15-36-2/h10,12,16-17,22H,6-9,11,13-15H2,1-5H3,(H,30,34)(H,31,35)(H,32,33). The van der Waals surface area contributed by atoms with Gasteiger partial charge < -0.3 is 34.9 Å². The highest BCUT2D eigenvalue weighted by Gasteiger charge is 2.29. The van der Waals surface area contributed by atoms with Crippen LogP contribution in [0.15, 0.2) is 29.1 Å². The SMILES string of the molecule is COCCCNC(=O)CCCNc1ccc2c(cc1=O)C(NC(C)=O)CCc1cc(OC)c(OC)c(OC)c1-2. The van der Waals surface area contributed by atoms with Gasteiger partial charge in [-0.25, -0.2) is 0 Å². The molecule has 3 N–H and O–H groups in total. The van der Waals surface area contributed by atoms with Crippen molar-refractivity contribution >= 4 is 17.5 Å². The van der Waals surface area contributed by atoms with Crippen molar-refractivity contribution in [1.29, 1.82) is 0 Å². The zero-order chi connectivity index (χ0) is 28.4. The zero-order valence-electron chi connectivity index (χ0n) is 23.4. The Balaban J connectivity index is 1.94. The van der Waals surface area contributed by atoms with E-state index in [4.69, 9.17) is 18.9 Å². The average Bonchev–Trinajstić information content (AvgIpc) is 3.16. The first-order valence-corrected chi connectivity index (χ1v) is 13.1. The Morgan fingerprint density at radius 3 is 2.41 bits per heavy atom. The van der Waals surface area contributed by atoms with Crippen LogP contribution in [0.5, 0.6) is 17.2 Å². The fraction of sp³-hybridized carbons (Fsp3) is 0.483. The van der Waals surface area contributed by atoms with E-state index < -0.39 is 0 Å². The maximum Gasteiger partial charge on any atom is 0.220 e. The number of nitrogens with one attached hydrogen (secondary N) is 3. The van der Waals surface area contributed by atoms with Gasteiger partial charge in [-0.05, 0) is 60.6 Å². The molecule has 3 rings (SSSR count). The third kappa shape index (κ3) is 7.41. The van der Waals surface area contributed by atoms with E-state index in [0.717, 1.165) is 23.1 Å². The summed E-state index contributed by atoms with van der Waals surface area (Å²) in [6.07, 6.45) is 2.89. The molecule has 1 aliphatic carbocycles. The van der Waals surface area contributed by atoms with Crippen LogP contribution >= 0.6 is 0 Å².